The van der Waals surface area contributed by atoms with Gasteiger partial charge in [-0.3, -0.25) is 9.79 Å². The third kappa shape index (κ3) is 6.58. The lowest BCUT2D eigenvalue weighted by Gasteiger charge is -2.20. The number of aromatic nitrogens is 4. The number of aliphatic imine (C=N–C) groups is 1. The highest BCUT2D eigenvalue weighted by Gasteiger charge is 2.18. The molecule has 0 spiro atoms. The normalized spacial score (nSPS) is 15.2. The highest BCUT2D eigenvalue weighted by atomic mass is 19.1. The number of hydrogen-bond acceptors (Lipinski definition) is 8. The molecule has 6 N–H and O–H groups in total. The summed E-state index contributed by atoms with van der Waals surface area (Å²) in [6.07, 6.45) is 6.72. The molecule has 32 heavy (non-hydrogen) atoms. The van der Waals surface area contributed by atoms with Gasteiger partial charge in [-0.2, -0.15) is 0 Å². The standard InChI is InChI=1S/C21H32FN9O/c1-6-7-18(15(5)31-9-8-26-30-31)25-11-12(2)27-20-16(19(24)32)10-17(22)21(29-20)28-14(4)13(3)23/h8-11,13-15H,6-7,23H2,1-5H3,(H2,24,32)(H2,27,28,29)/b12-11+,25-18?. The molecule has 0 saturated carbocycles. The number of halogens is 1. The van der Waals surface area contributed by atoms with E-state index in [0.717, 1.165) is 24.6 Å². The number of primary amides is 1. The van der Waals surface area contributed by atoms with Crippen LogP contribution in [-0.2, 0) is 0 Å². The lowest BCUT2D eigenvalue weighted by Crippen LogP contribution is -2.36. The van der Waals surface area contributed by atoms with Gasteiger partial charge in [0.15, 0.2) is 11.6 Å². The fraction of sp³-hybridized carbons (Fsp3) is 0.476. The van der Waals surface area contributed by atoms with Crippen molar-refractivity contribution in [3.8, 4) is 0 Å². The molecular weight excluding hydrogens is 413 g/mol. The van der Waals surface area contributed by atoms with Crippen molar-refractivity contribution in [2.75, 3.05) is 10.6 Å². The Bertz CT molecular complexity index is 970. The van der Waals surface area contributed by atoms with Crippen molar-refractivity contribution in [2.45, 2.75) is 65.6 Å². The van der Waals surface area contributed by atoms with Crippen molar-refractivity contribution < 1.29 is 9.18 Å². The molecule has 174 valence electrons. The molecule has 1 amide bonds. The zero-order chi connectivity index (χ0) is 23.8. The van der Waals surface area contributed by atoms with Crippen LogP contribution in [0.4, 0.5) is 16.0 Å². The molecule has 0 fully saturated rings. The molecule has 2 rings (SSSR count). The van der Waals surface area contributed by atoms with Crippen LogP contribution in [-0.4, -0.2) is 43.7 Å². The second kappa shape index (κ2) is 11.3. The van der Waals surface area contributed by atoms with Crippen LogP contribution in [0.2, 0.25) is 0 Å². The molecular formula is C21H32FN9O. The summed E-state index contributed by atoms with van der Waals surface area (Å²) < 4.78 is 16.2. The maximum atomic E-state index is 14.5. The molecule has 2 aromatic rings. The van der Waals surface area contributed by atoms with Crippen LogP contribution in [0, 0.1) is 5.82 Å². The number of nitrogens with zero attached hydrogens (tertiary/aromatic N) is 5. The summed E-state index contributed by atoms with van der Waals surface area (Å²) in [5.74, 6) is -1.38. The Labute approximate surface area is 187 Å². The number of pyridine rings is 1. The van der Waals surface area contributed by atoms with E-state index in [1.54, 1.807) is 37.1 Å². The van der Waals surface area contributed by atoms with Gasteiger partial charge in [0.2, 0.25) is 0 Å². The number of carbonyl (C=O) groups excluding carboxylic acids is 1. The number of nitrogens with one attached hydrogen (secondary N) is 2. The number of amides is 1. The molecule has 11 heteroatoms. The van der Waals surface area contributed by atoms with Gasteiger partial charge in [0.25, 0.3) is 5.91 Å². The van der Waals surface area contributed by atoms with Gasteiger partial charge in [-0.15, -0.1) is 5.10 Å². The van der Waals surface area contributed by atoms with Gasteiger partial charge in [0.1, 0.15) is 5.82 Å². The second-order valence-electron chi connectivity index (χ2n) is 7.74. The number of anilines is 2. The monoisotopic (exact) mass is 445 g/mol. The first kappa shape index (κ1) is 24.9. The zero-order valence-corrected chi connectivity index (χ0v) is 19.1. The molecule has 10 nitrogen and oxygen atoms in total. The summed E-state index contributed by atoms with van der Waals surface area (Å²) in [5.41, 5.74) is 12.7. The van der Waals surface area contributed by atoms with Crippen LogP contribution in [0.5, 0.6) is 0 Å². The topological polar surface area (TPSA) is 149 Å². The smallest absolute Gasteiger partial charge is 0.252 e. The molecule has 2 heterocycles. The summed E-state index contributed by atoms with van der Waals surface area (Å²) in [7, 11) is 0. The minimum Gasteiger partial charge on any atom is -0.365 e. The summed E-state index contributed by atoms with van der Waals surface area (Å²) in [5, 5.41) is 13.8. The Balaban J connectivity index is 2.32. The van der Waals surface area contributed by atoms with E-state index in [1.807, 2.05) is 13.8 Å². The maximum absolute atomic E-state index is 14.5. The second-order valence-corrected chi connectivity index (χ2v) is 7.74. The fourth-order valence-corrected chi connectivity index (χ4v) is 2.83. The van der Waals surface area contributed by atoms with Gasteiger partial charge in [0, 0.05) is 35.9 Å². The van der Waals surface area contributed by atoms with Crippen molar-refractivity contribution >= 4 is 23.3 Å². The number of hydrogen-bond donors (Lipinski definition) is 4. The van der Waals surface area contributed by atoms with Gasteiger partial charge in [-0.05, 0) is 40.2 Å². The number of rotatable bonds is 11. The third-order valence-corrected chi connectivity index (χ3v) is 4.96. The van der Waals surface area contributed by atoms with E-state index >= 15 is 0 Å². The summed E-state index contributed by atoms with van der Waals surface area (Å²) in [4.78, 5) is 20.7. The van der Waals surface area contributed by atoms with E-state index in [9.17, 15) is 9.18 Å². The van der Waals surface area contributed by atoms with Crippen LogP contribution >= 0.6 is 0 Å². The van der Waals surface area contributed by atoms with E-state index in [4.69, 9.17) is 11.5 Å². The first-order valence-electron chi connectivity index (χ1n) is 10.5. The van der Waals surface area contributed by atoms with Crippen molar-refractivity contribution in [3.63, 3.8) is 0 Å². The van der Waals surface area contributed by atoms with E-state index in [-0.39, 0.29) is 35.3 Å². The van der Waals surface area contributed by atoms with E-state index in [0.29, 0.717) is 5.70 Å². The lowest BCUT2D eigenvalue weighted by atomic mass is 10.1. The summed E-state index contributed by atoms with van der Waals surface area (Å²) in [6.45, 7) is 9.43. The first-order chi connectivity index (χ1) is 15.1. The van der Waals surface area contributed by atoms with Gasteiger partial charge in [-0.1, -0.05) is 18.6 Å². The molecule has 3 atom stereocenters. The molecule has 0 radical (unpaired) electrons. The van der Waals surface area contributed by atoms with E-state index in [2.05, 4.69) is 37.8 Å². The molecule has 0 bridgehead atoms. The highest BCUT2D eigenvalue weighted by Crippen LogP contribution is 2.22. The molecule has 2 aromatic heterocycles. The molecule has 0 aromatic carbocycles. The minimum atomic E-state index is -0.798. The predicted octanol–water partition coefficient (Wildman–Crippen LogP) is 2.83. The largest absolute Gasteiger partial charge is 0.365 e. The van der Waals surface area contributed by atoms with Crippen LogP contribution in [0.15, 0.2) is 35.3 Å². The van der Waals surface area contributed by atoms with Crippen LogP contribution < -0.4 is 22.1 Å². The van der Waals surface area contributed by atoms with Crippen LogP contribution in [0.1, 0.15) is 63.9 Å². The van der Waals surface area contributed by atoms with Gasteiger partial charge >= 0.3 is 0 Å². The van der Waals surface area contributed by atoms with Crippen molar-refractivity contribution in [1.29, 1.82) is 0 Å². The maximum Gasteiger partial charge on any atom is 0.252 e. The molecule has 0 saturated heterocycles. The van der Waals surface area contributed by atoms with Crippen molar-refractivity contribution in [3.05, 3.63) is 41.7 Å². The van der Waals surface area contributed by atoms with Crippen LogP contribution in [0.3, 0.4) is 0 Å². The Morgan fingerprint density at radius 1 is 1.34 bits per heavy atom. The Morgan fingerprint density at radius 2 is 2.06 bits per heavy atom. The van der Waals surface area contributed by atoms with Gasteiger partial charge in [-0.25, -0.2) is 14.1 Å². The Kier molecular flexibility index (Phi) is 8.82. The molecule has 0 aliphatic heterocycles. The van der Waals surface area contributed by atoms with Crippen molar-refractivity contribution in [1.82, 2.24) is 20.0 Å². The van der Waals surface area contributed by atoms with Gasteiger partial charge in [0.05, 0.1) is 17.8 Å². The Hall–Kier alpha value is -3.34. The average molecular weight is 446 g/mol. The number of carbonyl (C=O) groups is 1. The molecule has 0 aliphatic carbocycles. The summed E-state index contributed by atoms with van der Waals surface area (Å²) in [6, 6.07) is 0.519. The number of allylic oxidation sites excluding steroid dienone is 1. The quantitative estimate of drug-likeness (QED) is 0.388. The van der Waals surface area contributed by atoms with E-state index < -0.39 is 11.7 Å². The van der Waals surface area contributed by atoms with Crippen LogP contribution in [0.25, 0.3) is 0 Å². The Morgan fingerprint density at radius 3 is 2.62 bits per heavy atom. The average Bonchev–Trinajstić information content (AvgIpc) is 3.27. The number of nitrogens with two attached hydrogens (primary N) is 2. The third-order valence-electron chi connectivity index (χ3n) is 4.96. The minimum absolute atomic E-state index is 0.0231. The lowest BCUT2D eigenvalue weighted by molar-refractivity contribution is 0.100. The first-order valence-corrected chi connectivity index (χ1v) is 10.5. The van der Waals surface area contributed by atoms with E-state index in [1.165, 1.54) is 0 Å². The fourth-order valence-electron chi connectivity index (χ4n) is 2.83. The summed E-state index contributed by atoms with van der Waals surface area (Å²) >= 11 is 0. The van der Waals surface area contributed by atoms with Gasteiger partial charge < -0.3 is 22.1 Å². The van der Waals surface area contributed by atoms with Crippen molar-refractivity contribution in [2.24, 2.45) is 16.5 Å². The SMILES string of the molecule is CCCC(=N/C=C(\C)Nc1nc(NC(C)C(C)N)c(F)cc1C(N)=O)C(C)n1ccnn1. The predicted molar refractivity (Wildman–Crippen MR) is 124 cm³/mol. The zero-order valence-electron chi connectivity index (χ0n) is 19.1. The molecule has 0 aliphatic rings. The highest BCUT2D eigenvalue weighted by molar-refractivity contribution is 5.98. The molecule has 3 unspecified atom stereocenters.